The van der Waals surface area contributed by atoms with Crippen LogP contribution in [-0.4, -0.2) is 36.4 Å². The maximum Gasteiger partial charge on any atom is 0.416 e. The van der Waals surface area contributed by atoms with E-state index in [2.05, 4.69) is 41.4 Å². The van der Waals surface area contributed by atoms with E-state index in [1.54, 1.807) is 0 Å². The van der Waals surface area contributed by atoms with Crippen LogP contribution in [0.1, 0.15) is 16.0 Å². The van der Waals surface area contributed by atoms with Crippen molar-refractivity contribution in [1.29, 1.82) is 0 Å². The molecule has 0 saturated heterocycles. The summed E-state index contributed by atoms with van der Waals surface area (Å²) in [6.45, 7) is 0. The van der Waals surface area contributed by atoms with Gasteiger partial charge in [0.25, 0.3) is 0 Å². The molecule has 1 amide bonds. The fourth-order valence-corrected chi connectivity index (χ4v) is 5.66. The van der Waals surface area contributed by atoms with E-state index in [1.807, 2.05) is 29.8 Å². The van der Waals surface area contributed by atoms with Crippen molar-refractivity contribution in [3.63, 3.8) is 0 Å². The highest BCUT2D eigenvalue weighted by Gasteiger charge is 2.31. The largest absolute Gasteiger partial charge is 0.416 e. The third kappa shape index (κ3) is 5.59. The highest BCUT2D eigenvalue weighted by Crippen LogP contribution is 2.33. The van der Waals surface area contributed by atoms with Crippen molar-refractivity contribution >= 4 is 83.7 Å². The van der Waals surface area contributed by atoms with Gasteiger partial charge in [-0.15, -0.1) is 21.5 Å². The molecule has 37 heavy (non-hydrogen) atoms. The molecule has 0 saturated carbocycles. The Hall–Kier alpha value is -2.74. The first-order valence-electron chi connectivity index (χ1n) is 10.6. The molecular weight excluding hydrogens is 613 g/mol. The lowest BCUT2D eigenvalue weighted by atomic mass is 10.1. The molecule has 5 aromatic rings. The summed E-state index contributed by atoms with van der Waals surface area (Å²) in [5, 5.41) is 13.0. The van der Waals surface area contributed by atoms with E-state index in [0.717, 1.165) is 50.6 Å². The molecule has 0 radical (unpaired) electrons. The Kier molecular flexibility index (Phi) is 7.14. The summed E-state index contributed by atoms with van der Waals surface area (Å²) in [4.78, 5) is 21.8. The number of halogens is 5. The minimum absolute atomic E-state index is 0.0248. The highest BCUT2D eigenvalue weighted by molar-refractivity contribution is 9.10. The maximum atomic E-state index is 13.0. The fourth-order valence-electron chi connectivity index (χ4n) is 3.68. The summed E-state index contributed by atoms with van der Waals surface area (Å²) >= 11 is 11.8. The number of benzene rings is 2. The van der Waals surface area contributed by atoms with E-state index in [9.17, 15) is 18.0 Å². The Balaban J connectivity index is 1.23. The first-order valence-corrected chi connectivity index (χ1v) is 13.6. The molecule has 5 rings (SSSR count). The van der Waals surface area contributed by atoms with Crippen LogP contribution in [0.4, 0.5) is 18.3 Å². The van der Waals surface area contributed by atoms with Crippen molar-refractivity contribution in [1.82, 2.24) is 24.7 Å². The molecule has 0 spiro atoms. The monoisotopic (exact) mass is 626 g/mol. The third-order valence-electron chi connectivity index (χ3n) is 5.41. The highest BCUT2D eigenvalue weighted by atomic mass is 79.9. The van der Waals surface area contributed by atoms with Gasteiger partial charge in [0, 0.05) is 39.4 Å². The molecule has 0 unspecified atom stereocenters. The summed E-state index contributed by atoms with van der Waals surface area (Å²) in [7, 11) is 1.89. The Morgan fingerprint density at radius 3 is 2.81 bits per heavy atom. The van der Waals surface area contributed by atoms with Crippen molar-refractivity contribution in [2.45, 2.75) is 17.8 Å². The van der Waals surface area contributed by atoms with Gasteiger partial charge in [-0.2, -0.15) is 13.2 Å². The van der Waals surface area contributed by atoms with Crippen molar-refractivity contribution in [3.8, 4) is 0 Å². The number of thiazole rings is 1. The van der Waals surface area contributed by atoms with Gasteiger partial charge in [0.1, 0.15) is 5.52 Å². The van der Waals surface area contributed by atoms with E-state index in [4.69, 9.17) is 11.6 Å². The van der Waals surface area contributed by atoms with Crippen LogP contribution in [0, 0.1) is 0 Å². The van der Waals surface area contributed by atoms with E-state index in [1.165, 1.54) is 12.3 Å². The Morgan fingerprint density at radius 2 is 2.03 bits per heavy atom. The van der Waals surface area contributed by atoms with Crippen LogP contribution in [0.3, 0.4) is 0 Å². The van der Waals surface area contributed by atoms with Gasteiger partial charge in [-0.05, 0) is 42.0 Å². The van der Waals surface area contributed by atoms with E-state index in [-0.39, 0.29) is 23.1 Å². The topological polar surface area (TPSA) is 85.6 Å². The number of amides is 1. The second-order valence-electron chi connectivity index (χ2n) is 7.94. The molecule has 2 aromatic carbocycles. The minimum Gasteiger partial charge on any atom is -0.327 e. The lowest BCUT2D eigenvalue weighted by Crippen LogP contribution is -2.14. The number of thioether (sulfide) groups is 1. The normalized spacial score (nSPS) is 11.9. The van der Waals surface area contributed by atoms with Gasteiger partial charge in [0.2, 0.25) is 11.1 Å². The van der Waals surface area contributed by atoms with E-state index >= 15 is 0 Å². The van der Waals surface area contributed by atoms with Crippen LogP contribution in [0.5, 0.6) is 0 Å². The number of fused-ring (bicyclic) bond motifs is 3. The average Bonchev–Trinajstić information content (AvgIpc) is 3.40. The van der Waals surface area contributed by atoms with Crippen LogP contribution in [-0.2, 0) is 24.4 Å². The lowest BCUT2D eigenvalue weighted by molar-refractivity contribution is -0.137. The molecule has 3 aromatic heterocycles. The summed E-state index contributed by atoms with van der Waals surface area (Å²) < 4.78 is 41.9. The molecule has 3 heterocycles. The zero-order valence-electron chi connectivity index (χ0n) is 18.8. The molecule has 1 N–H and O–H groups in total. The van der Waals surface area contributed by atoms with Gasteiger partial charge < -0.3 is 9.88 Å². The predicted molar refractivity (Wildman–Crippen MR) is 142 cm³/mol. The van der Waals surface area contributed by atoms with Gasteiger partial charge in [-0.25, -0.2) is 9.97 Å². The predicted octanol–water partition coefficient (Wildman–Crippen LogP) is 6.73. The number of aromatic nitrogens is 5. The van der Waals surface area contributed by atoms with Crippen molar-refractivity contribution in [3.05, 3.63) is 68.1 Å². The van der Waals surface area contributed by atoms with Crippen LogP contribution in [0.15, 0.2) is 52.2 Å². The lowest BCUT2D eigenvalue weighted by Gasteiger charge is -2.09. The molecule has 0 aliphatic rings. The minimum atomic E-state index is -4.46. The van der Waals surface area contributed by atoms with Crippen LogP contribution < -0.4 is 5.32 Å². The first-order chi connectivity index (χ1) is 17.6. The van der Waals surface area contributed by atoms with Gasteiger partial charge in [0.05, 0.1) is 16.8 Å². The third-order valence-corrected chi connectivity index (χ3v) is 8.02. The number of alkyl halides is 3. The number of carbonyl (C=O) groups excluding carboxylic acids is 1. The van der Waals surface area contributed by atoms with E-state index in [0.29, 0.717) is 31.9 Å². The Labute approximate surface area is 229 Å². The fraction of sp³-hybridized carbons (Fsp3) is 0.174. The maximum absolute atomic E-state index is 13.0. The average molecular weight is 628 g/mol. The molecule has 0 aliphatic heterocycles. The van der Waals surface area contributed by atoms with Crippen molar-refractivity contribution in [2.75, 3.05) is 11.1 Å². The number of rotatable bonds is 6. The van der Waals surface area contributed by atoms with Crippen molar-refractivity contribution in [2.24, 2.45) is 7.05 Å². The molecule has 0 aliphatic carbocycles. The van der Waals surface area contributed by atoms with Gasteiger partial charge in [-0.1, -0.05) is 39.3 Å². The standard InChI is InChI=1S/C23H15BrClF3N6OS2/c1-34-17-5-3-13(24)8-15(17)19-20(34)31-22(33-32-19)36-10-18(35)30-21-29-9-14(37-21)7-11-6-12(23(26,27)28)2-4-16(11)25/h2-6,8-9H,7,10H2,1H3,(H,29,30,35). The number of hydrogen-bond acceptors (Lipinski definition) is 7. The SMILES string of the molecule is Cn1c2ccc(Br)cc2c2nnc(SCC(=O)Nc3ncc(Cc4cc(C(F)(F)F)ccc4Cl)s3)nc21. The number of anilines is 1. The van der Waals surface area contributed by atoms with Gasteiger partial charge in [0.15, 0.2) is 10.8 Å². The molecule has 0 bridgehead atoms. The summed E-state index contributed by atoms with van der Waals surface area (Å²) in [5.74, 6) is -0.301. The van der Waals surface area contributed by atoms with Crippen molar-refractivity contribution < 1.29 is 18.0 Å². The number of carbonyl (C=O) groups is 1. The number of hydrogen-bond donors (Lipinski definition) is 1. The van der Waals surface area contributed by atoms with Crippen LogP contribution in [0.25, 0.3) is 22.1 Å². The van der Waals surface area contributed by atoms with Crippen LogP contribution >= 0.6 is 50.6 Å². The Bertz CT molecular complexity index is 1660. The second kappa shape index (κ2) is 10.2. The number of nitrogens with zero attached hydrogens (tertiary/aromatic N) is 5. The van der Waals surface area contributed by atoms with Gasteiger partial charge in [-0.3, -0.25) is 4.79 Å². The zero-order valence-corrected chi connectivity index (χ0v) is 22.8. The quantitative estimate of drug-likeness (QED) is 0.210. The summed E-state index contributed by atoms with van der Waals surface area (Å²) in [6.07, 6.45) is -2.80. The molecule has 0 fully saturated rings. The molecule has 190 valence electrons. The van der Waals surface area contributed by atoms with E-state index < -0.39 is 11.7 Å². The smallest absolute Gasteiger partial charge is 0.327 e. The van der Waals surface area contributed by atoms with Crippen LogP contribution in [0.2, 0.25) is 5.02 Å². The second-order valence-corrected chi connectivity index (χ2v) is 11.3. The molecule has 0 atom stereocenters. The van der Waals surface area contributed by atoms with Gasteiger partial charge >= 0.3 is 6.18 Å². The molecular formula is C23H15BrClF3N6OS2. The Morgan fingerprint density at radius 1 is 1.22 bits per heavy atom. The zero-order chi connectivity index (χ0) is 26.3. The number of nitrogens with one attached hydrogen (secondary N) is 1. The molecule has 7 nitrogen and oxygen atoms in total. The molecule has 14 heteroatoms. The number of aryl methyl sites for hydroxylation is 1. The first kappa shape index (κ1) is 25.9. The summed E-state index contributed by atoms with van der Waals surface area (Å²) in [6, 6.07) is 9.05. The summed E-state index contributed by atoms with van der Waals surface area (Å²) in [5.41, 5.74) is 1.85.